The lowest BCUT2D eigenvalue weighted by atomic mass is 9.80. The van der Waals surface area contributed by atoms with Crippen molar-refractivity contribution in [1.29, 1.82) is 0 Å². The summed E-state index contributed by atoms with van der Waals surface area (Å²) >= 11 is 6.03. The van der Waals surface area contributed by atoms with Crippen LogP contribution in [0, 0.1) is 11.8 Å². The van der Waals surface area contributed by atoms with Crippen LogP contribution in [0.5, 0.6) is 0 Å². The number of benzene rings is 2. The second-order valence-corrected chi connectivity index (χ2v) is 10.8. The van der Waals surface area contributed by atoms with E-state index < -0.39 is 5.60 Å². The maximum atomic E-state index is 12.0. The predicted molar refractivity (Wildman–Crippen MR) is 142 cm³/mol. The van der Waals surface area contributed by atoms with Crippen LogP contribution < -0.4 is 0 Å². The minimum absolute atomic E-state index is 0.123. The third-order valence-corrected chi connectivity index (χ3v) is 8.35. The average molecular weight is 509 g/mol. The fourth-order valence-corrected chi connectivity index (χ4v) is 6.09. The van der Waals surface area contributed by atoms with E-state index in [1.807, 2.05) is 54.6 Å². The topological polar surface area (TPSA) is 58.7 Å². The van der Waals surface area contributed by atoms with Crippen molar-refractivity contribution in [3.05, 3.63) is 88.6 Å². The number of aliphatic hydroxyl groups is 1. The van der Waals surface area contributed by atoms with Gasteiger partial charge in [0.05, 0.1) is 25.5 Å². The van der Waals surface area contributed by atoms with Crippen LogP contribution in [0.15, 0.2) is 65.2 Å². The Balaban J connectivity index is 1.27. The highest BCUT2D eigenvalue weighted by molar-refractivity contribution is 6.30. The third kappa shape index (κ3) is 5.55. The molecule has 1 N–H and O–H groups in total. The lowest BCUT2D eigenvalue weighted by molar-refractivity contribution is -0.0511. The summed E-state index contributed by atoms with van der Waals surface area (Å²) in [5.74, 6) is 1.89. The number of piperidine rings is 1. The summed E-state index contributed by atoms with van der Waals surface area (Å²) in [7, 11) is 0. The van der Waals surface area contributed by atoms with Crippen LogP contribution in [-0.4, -0.2) is 34.2 Å². The Morgan fingerprint density at radius 2 is 1.83 bits per heavy atom. The molecule has 2 aromatic carbocycles. The molecule has 1 aliphatic carbocycles. The van der Waals surface area contributed by atoms with Gasteiger partial charge in [0.15, 0.2) is 5.60 Å². The number of aromatic nitrogens is 1. The lowest BCUT2D eigenvalue weighted by Crippen LogP contribution is -2.44. The summed E-state index contributed by atoms with van der Waals surface area (Å²) in [4.78, 5) is 7.01. The van der Waals surface area contributed by atoms with Crippen LogP contribution in [-0.2, 0) is 23.5 Å². The van der Waals surface area contributed by atoms with Crippen LogP contribution >= 0.6 is 11.6 Å². The van der Waals surface area contributed by atoms with Gasteiger partial charge in [-0.25, -0.2) is 4.98 Å². The molecule has 1 saturated heterocycles. The van der Waals surface area contributed by atoms with E-state index in [0.717, 1.165) is 73.5 Å². The molecule has 5 rings (SSSR count). The van der Waals surface area contributed by atoms with Crippen LogP contribution in [0.3, 0.4) is 0 Å². The van der Waals surface area contributed by atoms with Crippen molar-refractivity contribution in [1.82, 2.24) is 9.88 Å². The van der Waals surface area contributed by atoms with E-state index in [2.05, 4.69) is 16.8 Å². The highest BCUT2D eigenvalue weighted by Gasteiger charge is 2.45. The Hall–Kier alpha value is -2.18. The van der Waals surface area contributed by atoms with Gasteiger partial charge in [0.1, 0.15) is 5.76 Å². The van der Waals surface area contributed by atoms with Crippen molar-refractivity contribution >= 4 is 11.6 Å². The fourth-order valence-electron chi connectivity index (χ4n) is 5.96. The monoisotopic (exact) mass is 508 g/mol. The van der Waals surface area contributed by atoms with Gasteiger partial charge < -0.3 is 14.3 Å². The summed E-state index contributed by atoms with van der Waals surface area (Å²) in [6, 6.07) is 17.8. The second-order valence-electron chi connectivity index (χ2n) is 10.4. The predicted octanol–water partition coefficient (Wildman–Crippen LogP) is 6.57. The first-order valence-electron chi connectivity index (χ1n) is 13.4. The number of halogens is 1. The fraction of sp³-hybridized carbons (Fsp3) is 0.500. The van der Waals surface area contributed by atoms with E-state index in [1.54, 1.807) is 6.20 Å². The molecule has 5 nitrogen and oxygen atoms in total. The van der Waals surface area contributed by atoms with Crippen molar-refractivity contribution in [3.8, 4) is 0 Å². The van der Waals surface area contributed by atoms with Gasteiger partial charge in [0.2, 0.25) is 5.89 Å². The van der Waals surface area contributed by atoms with Gasteiger partial charge >= 0.3 is 0 Å². The molecule has 2 heterocycles. The minimum atomic E-state index is -1.19. The molecule has 1 aromatic heterocycles. The van der Waals surface area contributed by atoms with Gasteiger partial charge in [0.25, 0.3) is 0 Å². The summed E-state index contributed by atoms with van der Waals surface area (Å²) < 4.78 is 12.7. The Morgan fingerprint density at radius 1 is 1.08 bits per heavy atom. The molecule has 0 radical (unpaired) electrons. The Morgan fingerprint density at radius 3 is 2.56 bits per heavy atom. The molecule has 2 fully saturated rings. The highest BCUT2D eigenvalue weighted by Crippen LogP contribution is 2.44. The Labute approximate surface area is 219 Å². The molecule has 36 heavy (non-hydrogen) atoms. The van der Waals surface area contributed by atoms with Gasteiger partial charge in [-0.1, -0.05) is 80.3 Å². The number of ether oxygens (including phenoxy) is 1. The van der Waals surface area contributed by atoms with E-state index in [9.17, 15) is 5.11 Å². The lowest BCUT2D eigenvalue weighted by Gasteiger charge is -2.37. The van der Waals surface area contributed by atoms with Crippen molar-refractivity contribution in [2.24, 2.45) is 11.8 Å². The molecule has 2 aliphatic rings. The normalized spacial score (nSPS) is 23.1. The molecular formula is C30H37ClN2O3. The van der Waals surface area contributed by atoms with E-state index in [1.165, 1.54) is 0 Å². The first-order valence-corrected chi connectivity index (χ1v) is 13.8. The van der Waals surface area contributed by atoms with E-state index in [0.29, 0.717) is 25.0 Å². The smallest absolute Gasteiger partial charge is 0.231 e. The van der Waals surface area contributed by atoms with Crippen molar-refractivity contribution < 1.29 is 14.3 Å². The molecule has 192 valence electrons. The first kappa shape index (κ1) is 25.5. The average Bonchev–Trinajstić information content (AvgIpc) is 3.62. The summed E-state index contributed by atoms with van der Waals surface area (Å²) in [5, 5.41) is 12.7. The molecule has 0 spiro atoms. The van der Waals surface area contributed by atoms with Gasteiger partial charge in [0, 0.05) is 17.5 Å². The zero-order chi connectivity index (χ0) is 25.0. The molecule has 6 heteroatoms. The van der Waals surface area contributed by atoms with E-state index in [-0.39, 0.29) is 12.0 Å². The van der Waals surface area contributed by atoms with Gasteiger partial charge in [-0.2, -0.15) is 0 Å². The number of nitrogens with zero attached hydrogens (tertiary/aromatic N) is 2. The van der Waals surface area contributed by atoms with Crippen LogP contribution in [0.1, 0.15) is 68.2 Å². The maximum absolute atomic E-state index is 12.0. The van der Waals surface area contributed by atoms with Crippen molar-refractivity contribution in [2.45, 2.75) is 70.3 Å². The number of hydrogen-bond donors (Lipinski definition) is 1. The van der Waals surface area contributed by atoms with Crippen LogP contribution in [0.2, 0.25) is 5.02 Å². The van der Waals surface area contributed by atoms with Crippen LogP contribution in [0.25, 0.3) is 0 Å². The largest absolute Gasteiger partial charge is 0.441 e. The number of likely N-dealkylation sites (tertiary alicyclic amines) is 1. The molecule has 1 aliphatic heterocycles. The number of oxazole rings is 1. The van der Waals surface area contributed by atoms with Crippen LogP contribution in [0.4, 0.5) is 0 Å². The second kappa shape index (κ2) is 11.5. The summed E-state index contributed by atoms with van der Waals surface area (Å²) in [6.45, 7) is 5.35. The Kier molecular flexibility index (Phi) is 8.12. The first-order chi connectivity index (χ1) is 17.6. The molecule has 0 amide bonds. The number of hydrogen-bond acceptors (Lipinski definition) is 5. The summed E-state index contributed by atoms with van der Waals surface area (Å²) in [5.41, 5.74) is 0.818. The third-order valence-electron chi connectivity index (χ3n) is 8.10. The summed E-state index contributed by atoms with van der Waals surface area (Å²) in [6.07, 6.45) is 8.42. The van der Waals surface area contributed by atoms with E-state index in [4.69, 9.17) is 20.8 Å². The zero-order valence-electron chi connectivity index (χ0n) is 21.1. The van der Waals surface area contributed by atoms with Crippen molar-refractivity contribution in [3.63, 3.8) is 0 Å². The molecule has 1 saturated carbocycles. The molecule has 3 aromatic rings. The molecule has 3 atom stereocenters. The maximum Gasteiger partial charge on any atom is 0.231 e. The number of rotatable bonds is 9. The van der Waals surface area contributed by atoms with Crippen molar-refractivity contribution in [2.75, 3.05) is 13.1 Å². The van der Waals surface area contributed by atoms with Gasteiger partial charge in [-0.15, -0.1) is 0 Å². The Bertz CT molecular complexity index is 1100. The zero-order valence-corrected chi connectivity index (χ0v) is 21.9. The molecule has 0 bridgehead atoms. The highest BCUT2D eigenvalue weighted by atomic mass is 35.5. The van der Waals surface area contributed by atoms with Gasteiger partial charge in [-0.3, -0.25) is 4.90 Å². The standard InChI is InChI=1S/C30H37ClN2O3/c1-2-23-16-17-33(20-28(23)35-21-22-12-14-26(31)15-13-22)19-27-18-32-29(36-27)30(34,25-10-6-7-11-25)24-8-4-3-5-9-24/h3-5,8-9,12-15,18,23,25,28,34H,2,6-7,10-11,16-17,19-21H2,1H3. The minimum Gasteiger partial charge on any atom is -0.441 e. The SMILES string of the molecule is CCC1CCN(Cc2cnc(C(O)(c3ccccc3)C3CCCC3)o2)CC1OCc1ccc(Cl)cc1. The van der Waals surface area contributed by atoms with Gasteiger partial charge in [-0.05, 0) is 55.0 Å². The molecule has 3 unspecified atom stereocenters. The molecular weight excluding hydrogens is 472 g/mol. The quantitative estimate of drug-likeness (QED) is 0.354. The van der Waals surface area contributed by atoms with E-state index >= 15 is 0 Å².